The summed E-state index contributed by atoms with van der Waals surface area (Å²) in [5.41, 5.74) is 5.91. The maximum absolute atomic E-state index is 12.6. The Morgan fingerprint density at radius 1 is 0.969 bits per heavy atom. The molecule has 0 atom stereocenters. The van der Waals surface area contributed by atoms with E-state index in [0.717, 1.165) is 41.1 Å². The lowest BCUT2D eigenvalue weighted by Crippen LogP contribution is -2.27. The van der Waals surface area contributed by atoms with E-state index in [-0.39, 0.29) is 11.8 Å². The molecular weight excluding hydrogens is 400 g/mol. The third-order valence-electron chi connectivity index (χ3n) is 5.77. The molecule has 3 aromatic carbocycles. The molecule has 0 aromatic heterocycles. The first-order chi connectivity index (χ1) is 15.6. The van der Waals surface area contributed by atoms with E-state index >= 15 is 0 Å². The number of fused-ring (bicyclic) bond motifs is 1. The van der Waals surface area contributed by atoms with Crippen LogP contribution in [0.2, 0.25) is 0 Å². The van der Waals surface area contributed by atoms with E-state index in [0.29, 0.717) is 25.1 Å². The fourth-order valence-electron chi connectivity index (χ4n) is 4.07. The molecule has 1 aliphatic heterocycles. The zero-order valence-corrected chi connectivity index (χ0v) is 18.6. The summed E-state index contributed by atoms with van der Waals surface area (Å²) in [7, 11) is 0. The van der Waals surface area contributed by atoms with Crippen molar-refractivity contribution >= 4 is 17.5 Å². The van der Waals surface area contributed by atoms with Crippen LogP contribution in [-0.2, 0) is 17.8 Å². The first-order valence-corrected chi connectivity index (χ1v) is 11.1. The van der Waals surface area contributed by atoms with Crippen molar-refractivity contribution in [1.29, 1.82) is 0 Å². The zero-order valence-electron chi connectivity index (χ0n) is 18.6. The highest BCUT2D eigenvalue weighted by Gasteiger charge is 2.23. The normalized spacial score (nSPS) is 12.4. The molecule has 0 saturated carbocycles. The average Bonchev–Trinajstić information content (AvgIpc) is 3.26. The van der Waals surface area contributed by atoms with Crippen molar-refractivity contribution in [2.24, 2.45) is 0 Å². The molecule has 5 nitrogen and oxygen atoms in total. The summed E-state index contributed by atoms with van der Waals surface area (Å²) in [4.78, 5) is 26.6. The first-order valence-electron chi connectivity index (χ1n) is 11.1. The number of nitrogens with zero attached hydrogens (tertiary/aromatic N) is 1. The van der Waals surface area contributed by atoms with Crippen molar-refractivity contribution in [3.8, 4) is 16.9 Å². The Labute approximate surface area is 189 Å². The lowest BCUT2D eigenvalue weighted by molar-refractivity contribution is -0.118. The van der Waals surface area contributed by atoms with Crippen LogP contribution in [-0.4, -0.2) is 25.0 Å². The highest BCUT2D eigenvalue weighted by Crippen LogP contribution is 2.32. The van der Waals surface area contributed by atoms with Gasteiger partial charge in [0.25, 0.3) is 5.91 Å². The molecule has 0 unspecified atom stereocenters. The number of hydrogen-bond acceptors (Lipinski definition) is 3. The van der Waals surface area contributed by atoms with Crippen LogP contribution in [0.1, 0.15) is 41.8 Å². The number of para-hydroxylation sites is 1. The van der Waals surface area contributed by atoms with Crippen LogP contribution in [0.15, 0.2) is 66.7 Å². The second-order valence-corrected chi connectivity index (χ2v) is 7.79. The summed E-state index contributed by atoms with van der Waals surface area (Å²) in [6, 6.07) is 21.6. The monoisotopic (exact) mass is 428 g/mol. The molecule has 1 aliphatic rings. The largest absolute Gasteiger partial charge is 0.494 e. The molecule has 0 aliphatic carbocycles. The van der Waals surface area contributed by atoms with Crippen molar-refractivity contribution in [2.45, 2.75) is 33.2 Å². The minimum atomic E-state index is -0.120. The lowest BCUT2D eigenvalue weighted by Gasteiger charge is -2.16. The van der Waals surface area contributed by atoms with Gasteiger partial charge in [0.2, 0.25) is 5.91 Å². The Kier molecular flexibility index (Phi) is 6.55. The van der Waals surface area contributed by atoms with Gasteiger partial charge < -0.3 is 15.0 Å². The lowest BCUT2D eigenvalue weighted by atomic mass is 10.0. The van der Waals surface area contributed by atoms with Crippen molar-refractivity contribution in [3.05, 3.63) is 83.4 Å². The molecule has 164 valence electrons. The number of ether oxygens (including phenoxy) is 1. The van der Waals surface area contributed by atoms with E-state index in [1.807, 2.05) is 79.4 Å². The zero-order chi connectivity index (χ0) is 22.5. The molecule has 2 amide bonds. The van der Waals surface area contributed by atoms with Gasteiger partial charge in [-0.15, -0.1) is 0 Å². The molecule has 5 heteroatoms. The van der Waals surface area contributed by atoms with Crippen LogP contribution < -0.4 is 15.0 Å². The number of carbonyl (C=O) groups is 2. The molecule has 0 spiro atoms. The van der Waals surface area contributed by atoms with E-state index in [4.69, 9.17) is 4.74 Å². The summed E-state index contributed by atoms with van der Waals surface area (Å²) >= 11 is 0. The molecular formula is C27H28N2O3. The van der Waals surface area contributed by atoms with Gasteiger partial charge in [0.05, 0.1) is 6.61 Å². The van der Waals surface area contributed by atoms with E-state index in [1.54, 1.807) is 0 Å². The SMILES string of the molecule is CCOc1ccccc1CNC(=O)c1ccc(-c2ccc3c(c2)CCN3C(=O)CC)cc1. The van der Waals surface area contributed by atoms with Crippen LogP contribution in [0, 0.1) is 0 Å². The third kappa shape index (κ3) is 4.52. The van der Waals surface area contributed by atoms with Gasteiger partial charge in [-0.05, 0) is 60.4 Å². The van der Waals surface area contributed by atoms with E-state index in [9.17, 15) is 9.59 Å². The van der Waals surface area contributed by atoms with Gasteiger partial charge in [-0.2, -0.15) is 0 Å². The summed E-state index contributed by atoms with van der Waals surface area (Å²) in [5, 5.41) is 2.97. The van der Waals surface area contributed by atoms with Crippen molar-refractivity contribution in [3.63, 3.8) is 0 Å². The van der Waals surface area contributed by atoms with Crippen molar-refractivity contribution < 1.29 is 14.3 Å². The molecule has 3 aromatic rings. The van der Waals surface area contributed by atoms with Gasteiger partial charge in [-0.3, -0.25) is 9.59 Å². The maximum atomic E-state index is 12.6. The van der Waals surface area contributed by atoms with Gasteiger partial charge in [0.1, 0.15) is 5.75 Å². The molecule has 0 bridgehead atoms. The van der Waals surface area contributed by atoms with Gasteiger partial charge in [-0.1, -0.05) is 43.3 Å². The Bertz CT molecular complexity index is 1120. The van der Waals surface area contributed by atoms with Crippen molar-refractivity contribution in [1.82, 2.24) is 5.32 Å². The number of nitrogens with one attached hydrogen (secondary N) is 1. The minimum Gasteiger partial charge on any atom is -0.494 e. The second kappa shape index (κ2) is 9.69. The van der Waals surface area contributed by atoms with Gasteiger partial charge in [0.15, 0.2) is 0 Å². The highest BCUT2D eigenvalue weighted by molar-refractivity contribution is 5.96. The predicted octanol–water partition coefficient (Wildman–Crippen LogP) is 4.98. The van der Waals surface area contributed by atoms with E-state index < -0.39 is 0 Å². The minimum absolute atomic E-state index is 0.120. The van der Waals surface area contributed by atoms with Gasteiger partial charge in [-0.25, -0.2) is 0 Å². The molecule has 32 heavy (non-hydrogen) atoms. The van der Waals surface area contributed by atoms with E-state index in [1.165, 1.54) is 5.56 Å². The van der Waals surface area contributed by atoms with Crippen LogP contribution in [0.25, 0.3) is 11.1 Å². The number of rotatable bonds is 7. The highest BCUT2D eigenvalue weighted by atomic mass is 16.5. The summed E-state index contributed by atoms with van der Waals surface area (Å²) < 4.78 is 5.62. The fourth-order valence-corrected chi connectivity index (χ4v) is 4.07. The summed E-state index contributed by atoms with van der Waals surface area (Å²) in [6.07, 6.45) is 1.39. The van der Waals surface area contributed by atoms with Gasteiger partial charge >= 0.3 is 0 Å². The topological polar surface area (TPSA) is 58.6 Å². The van der Waals surface area contributed by atoms with Crippen LogP contribution in [0.3, 0.4) is 0 Å². The average molecular weight is 429 g/mol. The summed E-state index contributed by atoms with van der Waals surface area (Å²) in [6.45, 7) is 5.58. The number of carbonyl (C=O) groups excluding carboxylic acids is 2. The number of amides is 2. The number of anilines is 1. The van der Waals surface area contributed by atoms with Crippen LogP contribution in [0.5, 0.6) is 5.75 Å². The summed E-state index contributed by atoms with van der Waals surface area (Å²) in [5.74, 6) is 0.836. The molecule has 0 saturated heterocycles. The van der Waals surface area contributed by atoms with Crippen molar-refractivity contribution in [2.75, 3.05) is 18.1 Å². The fraction of sp³-hybridized carbons (Fsp3) is 0.259. The maximum Gasteiger partial charge on any atom is 0.251 e. The molecule has 0 radical (unpaired) electrons. The van der Waals surface area contributed by atoms with E-state index in [2.05, 4.69) is 11.4 Å². The van der Waals surface area contributed by atoms with Crippen LogP contribution >= 0.6 is 0 Å². The Morgan fingerprint density at radius 3 is 2.47 bits per heavy atom. The van der Waals surface area contributed by atoms with Crippen LogP contribution in [0.4, 0.5) is 5.69 Å². The quantitative estimate of drug-likeness (QED) is 0.577. The Morgan fingerprint density at radius 2 is 1.72 bits per heavy atom. The van der Waals surface area contributed by atoms with Gasteiger partial charge in [0, 0.05) is 36.3 Å². The molecule has 4 rings (SSSR count). The molecule has 1 heterocycles. The molecule has 1 N–H and O–H groups in total. The predicted molar refractivity (Wildman–Crippen MR) is 127 cm³/mol. The smallest absolute Gasteiger partial charge is 0.251 e. The number of benzene rings is 3. The Hall–Kier alpha value is -3.60. The second-order valence-electron chi connectivity index (χ2n) is 7.79. The first kappa shape index (κ1) is 21.6. The third-order valence-corrected chi connectivity index (χ3v) is 5.77. The molecule has 0 fully saturated rings. The number of hydrogen-bond donors (Lipinski definition) is 1. The standard InChI is InChI=1S/C27H28N2O3/c1-3-26(30)29-16-15-22-17-21(13-14-24(22)29)19-9-11-20(12-10-19)27(31)28-18-23-7-5-6-8-25(23)32-4-2/h5-14,17H,3-4,15-16,18H2,1-2H3,(H,28,31). The Balaban J connectivity index is 1.43.